The van der Waals surface area contributed by atoms with E-state index in [0.717, 1.165) is 42.9 Å². The van der Waals surface area contributed by atoms with Gasteiger partial charge in [-0.15, -0.1) is 0 Å². The van der Waals surface area contributed by atoms with Crippen molar-refractivity contribution in [3.8, 4) is 0 Å². The van der Waals surface area contributed by atoms with Gasteiger partial charge in [-0.1, -0.05) is 0 Å². The summed E-state index contributed by atoms with van der Waals surface area (Å²) >= 11 is 0. The number of hydrogen-bond donors (Lipinski definition) is 3. The lowest BCUT2D eigenvalue weighted by Gasteiger charge is -2.31. The molecule has 0 saturated carbocycles. The predicted molar refractivity (Wildman–Crippen MR) is 73.9 cm³/mol. The minimum Gasteiger partial charge on any atom is -0.383 e. The van der Waals surface area contributed by atoms with Crippen molar-refractivity contribution in [2.24, 2.45) is 0 Å². The van der Waals surface area contributed by atoms with Crippen LogP contribution in [0.4, 0.5) is 5.69 Å². The number of H-pyrrole nitrogens is 1. The van der Waals surface area contributed by atoms with Crippen LogP contribution in [0.1, 0.15) is 0 Å². The summed E-state index contributed by atoms with van der Waals surface area (Å²) in [5.74, 6) is 0. The summed E-state index contributed by atoms with van der Waals surface area (Å²) in [5.41, 5.74) is 3.23. The van der Waals surface area contributed by atoms with Gasteiger partial charge < -0.3 is 20.5 Å². The Hall–Kier alpha value is -1.59. The third-order valence-electron chi connectivity index (χ3n) is 3.43. The lowest BCUT2D eigenvalue weighted by atomic mass is 10.2. The first-order valence-electron chi connectivity index (χ1n) is 6.40. The first-order chi connectivity index (χ1) is 8.81. The van der Waals surface area contributed by atoms with Crippen molar-refractivity contribution in [3.63, 3.8) is 0 Å². The summed E-state index contributed by atoms with van der Waals surface area (Å²) in [6.07, 6.45) is 1.73. The molecule has 5 heteroatoms. The lowest BCUT2D eigenvalue weighted by molar-refractivity contribution is 0.244. The summed E-state index contributed by atoms with van der Waals surface area (Å²) in [5, 5.41) is 7.01. The number of fused-ring (bicyclic) bond motifs is 1. The normalized spacial score (nSPS) is 21.3. The number of anilines is 1. The molecule has 1 aliphatic heterocycles. The second kappa shape index (κ2) is 4.96. The van der Waals surface area contributed by atoms with E-state index in [4.69, 9.17) is 0 Å². The van der Waals surface area contributed by atoms with E-state index in [-0.39, 0.29) is 0 Å². The maximum Gasteiger partial charge on any atom is 0.0931 e. The number of nitrogens with one attached hydrogen (secondary N) is 3. The first kappa shape index (κ1) is 11.5. The summed E-state index contributed by atoms with van der Waals surface area (Å²) in [4.78, 5) is 9.71. The second-order valence-corrected chi connectivity index (χ2v) is 4.93. The van der Waals surface area contributed by atoms with E-state index in [1.807, 2.05) is 6.07 Å². The lowest BCUT2D eigenvalue weighted by Crippen LogP contribution is -2.51. The average Bonchev–Trinajstić information content (AvgIpc) is 2.84. The van der Waals surface area contributed by atoms with E-state index in [1.165, 1.54) is 0 Å². The van der Waals surface area contributed by atoms with Gasteiger partial charge in [-0.3, -0.25) is 0 Å². The fourth-order valence-electron chi connectivity index (χ4n) is 2.41. The highest BCUT2D eigenvalue weighted by molar-refractivity contribution is 5.78. The third kappa shape index (κ3) is 2.47. The van der Waals surface area contributed by atoms with Crippen molar-refractivity contribution in [2.45, 2.75) is 6.04 Å². The molecular formula is C13H19N5. The van der Waals surface area contributed by atoms with E-state index in [1.54, 1.807) is 6.33 Å². The molecule has 1 aromatic heterocycles. The standard InChI is InChI=1S/C13H19N5/c1-18-5-4-14-11(8-18)7-15-10-2-3-12-13(6-10)17-9-16-12/h2-3,6,9,11,14-15H,4-5,7-8H2,1H3,(H,16,17). The number of aromatic amines is 1. The smallest absolute Gasteiger partial charge is 0.0931 e. The number of likely N-dealkylation sites (N-methyl/N-ethyl adjacent to an activating group) is 1. The number of nitrogens with zero attached hydrogens (tertiary/aromatic N) is 2. The van der Waals surface area contributed by atoms with E-state index >= 15 is 0 Å². The molecule has 1 fully saturated rings. The molecular weight excluding hydrogens is 226 g/mol. The third-order valence-corrected chi connectivity index (χ3v) is 3.43. The second-order valence-electron chi connectivity index (χ2n) is 4.93. The minimum atomic E-state index is 0.515. The molecule has 2 heterocycles. The Balaban J connectivity index is 1.61. The van der Waals surface area contributed by atoms with Crippen LogP contribution in [0.2, 0.25) is 0 Å². The van der Waals surface area contributed by atoms with Crippen LogP contribution in [0, 0.1) is 0 Å². The van der Waals surface area contributed by atoms with E-state index in [2.05, 4.69) is 44.7 Å². The van der Waals surface area contributed by atoms with Crippen LogP contribution in [-0.4, -0.2) is 54.1 Å². The molecule has 2 aromatic rings. The topological polar surface area (TPSA) is 56.0 Å². The van der Waals surface area contributed by atoms with Gasteiger partial charge in [0.2, 0.25) is 0 Å². The summed E-state index contributed by atoms with van der Waals surface area (Å²) in [6, 6.07) is 6.74. The highest BCUT2D eigenvalue weighted by atomic mass is 15.2. The van der Waals surface area contributed by atoms with Gasteiger partial charge in [0, 0.05) is 37.9 Å². The highest BCUT2D eigenvalue weighted by Crippen LogP contribution is 2.15. The molecule has 0 spiro atoms. The van der Waals surface area contributed by atoms with Crippen molar-refractivity contribution >= 4 is 16.7 Å². The highest BCUT2D eigenvalue weighted by Gasteiger charge is 2.15. The van der Waals surface area contributed by atoms with Crippen LogP contribution in [-0.2, 0) is 0 Å². The number of hydrogen-bond acceptors (Lipinski definition) is 4. The SMILES string of the molecule is CN1CCNC(CNc2ccc3nc[nH]c3c2)C1. The van der Waals surface area contributed by atoms with Crippen LogP contribution in [0.5, 0.6) is 0 Å². The zero-order chi connectivity index (χ0) is 12.4. The Morgan fingerprint density at radius 2 is 2.44 bits per heavy atom. The van der Waals surface area contributed by atoms with Crippen molar-refractivity contribution < 1.29 is 0 Å². The fraction of sp³-hybridized carbons (Fsp3) is 0.462. The molecule has 0 aliphatic carbocycles. The molecule has 5 nitrogen and oxygen atoms in total. The van der Waals surface area contributed by atoms with Gasteiger partial charge in [0.15, 0.2) is 0 Å². The molecule has 1 unspecified atom stereocenters. The van der Waals surface area contributed by atoms with Gasteiger partial charge in [0.05, 0.1) is 17.4 Å². The Bertz CT molecular complexity index is 521. The monoisotopic (exact) mass is 245 g/mol. The summed E-state index contributed by atoms with van der Waals surface area (Å²) in [7, 11) is 2.17. The van der Waals surface area contributed by atoms with Gasteiger partial charge in [0.25, 0.3) is 0 Å². The molecule has 1 aliphatic rings. The van der Waals surface area contributed by atoms with E-state index in [0.29, 0.717) is 6.04 Å². The van der Waals surface area contributed by atoms with Gasteiger partial charge in [0.1, 0.15) is 0 Å². The molecule has 1 aromatic carbocycles. The van der Waals surface area contributed by atoms with Gasteiger partial charge in [-0.05, 0) is 25.2 Å². The number of aromatic nitrogens is 2. The van der Waals surface area contributed by atoms with Crippen LogP contribution < -0.4 is 10.6 Å². The van der Waals surface area contributed by atoms with E-state index < -0.39 is 0 Å². The van der Waals surface area contributed by atoms with Gasteiger partial charge >= 0.3 is 0 Å². The average molecular weight is 245 g/mol. The zero-order valence-corrected chi connectivity index (χ0v) is 10.6. The van der Waals surface area contributed by atoms with Crippen molar-refractivity contribution in [2.75, 3.05) is 38.5 Å². The number of imidazole rings is 1. The molecule has 96 valence electrons. The van der Waals surface area contributed by atoms with E-state index in [9.17, 15) is 0 Å². The molecule has 18 heavy (non-hydrogen) atoms. The number of rotatable bonds is 3. The maximum atomic E-state index is 4.22. The van der Waals surface area contributed by atoms with Gasteiger partial charge in [-0.2, -0.15) is 0 Å². The zero-order valence-electron chi connectivity index (χ0n) is 10.6. The summed E-state index contributed by atoms with van der Waals surface area (Å²) in [6.45, 7) is 4.25. The van der Waals surface area contributed by atoms with Crippen LogP contribution in [0.25, 0.3) is 11.0 Å². The number of piperazine rings is 1. The van der Waals surface area contributed by atoms with Crippen LogP contribution in [0.3, 0.4) is 0 Å². The molecule has 1 atom stereocenters. The fourth-order valence-corrected chi connectivity index (χ4v) is 2.41. The van der Waals surface area contributed by atoms with Gasteiger partial charge in [-0.25, -0.2) is 4.98 Å². The molecule has 1 saturated heterocycles. The summed E-state index contributed by atoms with van der Waals surface area (Å²) < 4.78 is 0. The minimum absolute atomic E-state index is 0.515. The Kier molecular flexibility index (Phi) is 3.17. The largest absolute Gasteiger partial charge is 0.383 e. The Labute approximate surface area is 107 Å². The van der Waals surface area contributed by atoms with Crippen molar-refractivity contribution in [3.05, 3.63) is 24.5 Å². The quantitative estimate of drug-likeness (QED) is 0.751. The maximum absolute atomic E-state index is 4.22. The van der Waals surface area contributed by atoms with Crippen LogP contribution in [0.15, 0.2) is 24.5 Å². The molecule has 3 rings (SSSR count). The Morgan fingerprint density at radius 3 is 3.33 bits per heavy atom. The van der Waals surface area contributed by atoms with Crippen molar-refractivity contribution in [1.82, 2.24) is 20.2 Å². The first-order valence-corrected chi connectivity index (χ1v) is 6.40. The molecule has 0 radical (unpaired) electrons. The Morgan fingerprint density at radius 1 is 1.50 bits per heavy atom. The molecule has 0 bridgehead atoms. The predicted octanol–water partition coefficient (Wildman–Crippen LogP) is 0.878. The van der Waals surface area contributed by atoms with Crippen molar-refractivity contribution in [1.29, 1.82) is 0 Å². The van der Waals surface area contributed by atoms with Crippen LogP contribution >= 0.6 is 0 Å². The molecule has 0 amide bonds. The number of benzene rings is 1. The molecule has 3 N–H and O–H groups in total.